The number of ether oxygens (including phenoxy) is 1. The first kappa shape index (κ1) is 23.4. The predicted octanol–water partition coefficient (Wildman–Crippen LogP) is 4.26. The monoisotopic (exact) mass is 476 g/mol. The van der Waals surface area contributed by atoms with E-state index in [1.54, 1.807) is 4.90 Å². The average Bonchev–Trinajstić information content (AvgIpc) is 3.51. The molecule has 0 bridgehead atoms. The van der Waals surface area contributed by atoms with E-state index < -0.39 is 23.4 Å². The zero-order valence-corrected chi connectivity index (χ0v) is 20.2. The first-order valence-electron chi connectivity index (χ1n) is 12.4. The zero-order chi connectivity index (χ0) is 24.7. The molecule has 2 aliphatic carbocycles. The lowest BCUT2D eigenvalue weighted by molar-refractivity contribution is -0.144. The first-order chi connectivity index (χ1) is 16.7. The summed E-state index contributed by atoms with van der Waals surface area (Å²) in [6.45, 7) is 4.75. The van der Waals surface area contributed by atoms with Crippen molar-refractivity contribution in [3.05, 3.63) is 59.7 Å². The third-order valence-corrected chi connectivity index (χ3v) is 8.00. The van der Waals surface area contributed by atoms with E-state index in [-0.39, 0.29) is 36.9 Å². The quantitative estimate of drug-likeness (QED) is 0.672. The number of rotatable bonds is 5. The van der Waals surface area contributed by atoms with Crippen LogP contribution in [0.4, 0.5) is 4.79 Å². The largest absolute Gasteiger partial charge is 0.481 e. The standard InChI is InChI=1S/C28H32N2O5/c1-28(2)16-30(14-24(28)26(32)33)25(31)17-11-12-18(13-17)29-27(34)35-15-23-21-9-5-3-7-19(21)20-8-4-6-10-22(20)23/h3-10,17-18,23-24H,11-16H2,1-2H3,(H,29,34)(H,32,33)/t17-,18+,24?/m1/s1. The summed E-state index contributed by atoms with van der Waals surface area (Å²) in [5.74, 6) is -1.60. The van der Waals surface area contributed by atoms with Gasteiger partial charge in [0.25, 0.3) is 0 Å². The SMILES string of the molecule is CC1(C)CN(C(=O)[C@@H]2CC[C@H](NC(=O)OCC3c4ccccc4-c4ccccc43)C2)CC1C(=O)O. The summed E-state index contributed by atoms with van der Waals surface area (Å²) in [4.78, 5) is 38.9. The number of benzene rings is 2. The van der Waals surface area contributed by atoms with Gasteiger partial charge in [-0.25, -0.2) is 4.79 Å². The maximum atomic E-state index is 13.1. The molecular formula is C28H32N2O5. The van der Waals surface area contributed by atoms with E-state index in [2.05, 4.69) is 29.6 Å². The van der Waals surface area contributed by atoms with Crippen LogP contribution in [0.25, 0.3) is 11.1 Å². The van der Waals surface area contributed by atoms with Crippen LogP contribution in [0.3, 0.4) is 0 Å². The van der Waals surface area contributed by atoms with Crippen molar-refractivity contribution in [2.45, 2.75) is 45.1 Å². The smallest absolute Gasteiger partial charge is 0.407 e. The van der Waals surface area contributed by atoms with Gasteiger partial charge in [-0.1, -0.05) is 62.4 Å². The van der Waals surface area contributed by atoms with Crippen molar-refractivity contribution in [1.82, 2.24) is 10.2 Å². The van der Waals surface area contributed by atoms with Crippen molar-refractivity contribution < 1.29 is 24.2 Å². The molecule has 0 spiro atoms. The highest BCUT2D eigenvalue weighted by molar-refractivity contribution is 5.82. The molecule has 2 amide bonds. The third kappa shape index (κ3) is 4.40. The summed E-state index contributed by atoms with van der Waals surface area (Å²) in [6, 6.07) is 16.3. The molecule has 1 saturated heterocycles. The van der Waals surface area contributed by atoms with Crippen LogP contribution in [0, 0.1) is 17.3 Å². The molecule has 35 heavy (non-hydrogen) atoms. The predicted molar refractivity (Wildman–Crippen MR) is 131 cm³/mol. The second-order valence-electron chi connectivity index (χ2n) is 10.8. The maximum absolute atomic E-state index is 13.1. The van der Waals surface area contributed by atoms with Crippen molar-refractivity contribution in [1.29, 1.82) is 0 Å². The second kappa shape index (κ2) is 9.02. The fourth-order valence-corrected chi connectivity index (χ4v) is 6.12. The number of likely N-dealkylation sites (tertiary alicyclic amines) is 1. The minimum atomic E-state index is -0.855. The Kier molecular flexibility index (Phi) is 6.03. The molecular weight excluding hydrogens is 444 g/mol. The highest BCUT2D eigenvalue weighted by Gasteiger charge is 2.47. The van der Waals surface area contributed by atoms with Crippen LogP contribution in [-0.4, -0.2) is 53.7 Å². The number of alkyl carbamates (subject to hydrolysis) is 1. The number of hydrogen-bond donors (Lipinski definition) is 2. The fraction of sp³-hybridized carbons (Fsp3) is 0.464. The maximum Gasteiger partial charge on any atom is 0.407 e. The Balaban J connectivity index is 1.15. The van der Waals surface area contributed by atoms with Gasteiger partial charge >= 0.3 is 12.1 Å². The summed E-state index contributed by atoms with van der Waals surface area (Å²) in [5.41, 5.74) is 4.26. The number of fused-ring (bicyclic) bond motifs is 3. The van der Waals surface area contributed by atoms with Crippen LogP contribution in [-0.2, 0) is 14.3 Å². The van der Waals surface area contributed by atoms with Crippen molar-refractivity contribution >= 4 is 18.0 Å². The van der Waals surface area contributed by atoms with E-state index in [9.17, 15) is 19.5 Å². The van der Waals surface area contributed by atoms with Crippen molar-refractivity contribution in [2.24, 2.45) is 17.3 Å². The average molecular weight is 477 g/mol. The van der Waals surface area contributed by atoms with Gasteiger partial charge in [0.1, 0.15) is 6.61 Å². The lowest BCUT2D eigenvalue weighted by Crippen LogP contribution is -2.37. The molecule has 0 radical (unpaired) electrons. The van der Waals surface area contributed by atoms with Gasteiger partial charge in [-0.3, -0.25) is 9.59 Å². The first-order valence-corrected chi connectivity index (χ1v) is 12.4. The number of aliphatic carboxylic acids is 1. The lowest BCUT2D eigenvalue weighted by Gasteiger charge is -2.23. The molecule has 2 N–H and O–H groups in total. The van der Waals surface area contributed by atoms with E-state index in [0.29, 0.717) is 25.8 Å². The Morgan fingerprint density at radius 3 is 2.26 bits per heavy atom. The van der Waals surface area contributed by atoms with Crippen molar-refractivity contribution in [2.75, 3.05) is 19.7 Å². The molecule has 3 aliphatic rings. The van der Waals surface area contributed by atoms with Crippen molar-refractivity contribution in [3.63, 3.8) is 0 Å². The number of hydrogen-bond acceptors (Lipinski definition) is 4. The normalized spacial score (nSPS) is 24.6. The number of nitrogens with zero attached hydrogens (tertiary/aromatic N) is 1. The molecule has 2 aromatic rings. The van der Waals surface area contributed by atoms with Gasteiger partial charge in [-0.15, -0.1) is 0 Å². The van der Waals surface area contributed by atoms with Crippen LogP contribution >= 0.6 is 0 Å². The molecule has 184 valence electrons. The highest BCUT2D eigenvalue weighted by Crippen LogP contribution is 2.44. The van der Waals surface area contributed by atoms with Gasteiger partial charge in [0, 0.05) is 31.0 Å². The zero-order valence-electron chi connectivity index (χ0n) is 20.2. The molecule has 5 rings (SSSR count). The molecule has 7 nitrogen and oxygen atoms in total. The molecule has 3 atom stereocenters. The number of carboxylic acid groups (broad SMARTS) is 1. The molecule has 2 aromatic carbocycles. The van der Waals surface area contributed by atoms with Crippen LogP contribution in [0.1, 0.15) is 50.2 Å². The third-order valence-electron chi connectivity index (χ3n) is 8.00. The Bertz CT molecular complexity index is 1110. The number of amides is 2. The number of carboxylic acids is 1. The Labute approximate surface area is 205 Å². The van der Waals surface area contributed by atoms with E-state index in [4.69, 9.17) is 4.74 Å². The minimum absolute atomic E-state index is 0.00124. The summed E-state index contributed by atoms with van der Waals surface area (Å²) in [7, 11) is 0. The van der Waals surface area contributed by atoms with Gasteiger partial charge < -0.3 is 20.1 Å². The summed E-state index contributed by atoms with van der Waals surface area (Å²) in [6.07, 6.45) is 1.48. The topological polar surface area (TPSA) is 95.9 Å². The van der Waals surface area contributed by atoms with Gasteiger partial charge in [0.15, 0.2) is 0 Å². The van der Waals surface area contributed by atoms with Crippen LogP contribution in [0.2, 0.25) is 0 Å². The number of carbonyl (C=O) groups is 3. The van der Waals surface area contributed by atoms with Gasteiger partial charge in [-0.2, -0.15) is 0 Å². The van der Waals surface area contributed by atoms with Crippen LogP contribution < -0.4 is 5.32 Å². The molecule has 1 saturated carbocycles. The van der Waals surface area contributed by atoms with Gasteiger partial charge in [-0.05, 0) is 46.9 Å². The van der Waals surface area contributed by atoms with Crippen molar-refractivity contribution in [3.8, 4) is 11.1 Å². The molecule has 1 heterocycles. The van der Waals surface area contributed by atoms with Gasteiger partial charge in [0.2, 0.25) is 5.91 Å². The van der Waals surface area contributed by atoms with Gasteiger partial charge in [0.05, 0.1) is 5.92 Å². The summed E-state index contributed by atoms with van der Waals surface area (Å²) >= 11 is 0. The highest BCUT2D eigenvalue weighted by atomic mass is 16.5. The number of nitrogens with one attached hydrogen (secondary N) is 1. The van der Waals surface area contributed by atoms with E-state index in [1.165, 1.54) is 22.3 Å². The van der Waals surface area contributed by atoms with E-state index in [0.717, 1.165) is 0 Å². The fourth-order valence-electron chi connectivity index (χ4n) is 6.12. The minimum Gasteiger partial charge on any atom is -0.481 e. The summed E-state index contributed by atoms with van der Waals surface area (Å²) in [5, 5.41) is 12.4. The second-order valence-corrected chi connectivity index (χ2v) is 10.8. The molecule has 1 unspecified atom stereocenters. The Hall–Kier alpha value is -3.35. The molecule has 7 heteroatoms. The van der Waals surface area contributed by atoms with Crippen LogP contribution in [0.5, 0.6) is 0 Å². The summed E-state index contributed by atoms with van der Waals surface area (Å²) < 4.78 is 5.65. The molecule has 0 aromatic heterocycles. The Morgan fingerprint density at radius 2 is 1.66 bits per heavy atom. The lowest BCUT2D eigenvalue weighted by atomic mass is 9.82. The Morgan fingerprint density at radius 1 is 1.03 bits per heavy atom. The van der Waals surface area contributed by atoms with E-state index >= 15 is 0 Å². The molecule has 2 fully saturated rings. The van der Waals surface area contributed by atoms with Crippen LogP contribution in [0.15, 0.2) is 48.5 Å². The number of carbonyl (C=O) groups excluding carboxylic acids is 2. The molecule has 1 aliphatic heterocycles. The van der Waals surface area contributed by atoms with E-state index in [1.807, 2.05) is 38.1 Å².